The predicted molar refractivity (Wildman–Crippen MR) is 119 cm³/mol. The molecule has 2 fully saturated rings. The molecule has 1 aromatic carbocycles. The molecule has 2 saturated carbocycles. The quantitative estimate of drug-likeness (QED) is 0.425. The second kappa shape index (κ2) is 9.29. The Bertz CT molecular complexity index is 943. The van der Waals surface area contributed by atoms with E-state index < -0.39 is 0 Å². The summed E-state index contributed by atoms with van der Waals surface area (Å²) in [5, 5.41) is 0. The number of ketones is 1. The van der Waals surface area contributed by atoms with Crippen LogP contribution in [0.1, 0.15) is 59.4 Å². The van der Waals surface area contributed by atoms with Crippen molar-refractivity contribution in [2.24, 2.45) is 17.8 Å². The van der Waals surface area contributed by atoms with E-state index in [0.29, 0.717) is 23.8 Å². The van der Waals surface area contributed by atoms with Crippen LogP contribution in [0.2, 0.25) is 0 Å². The number of ether oxygens (including phenoxy) is 2. The fourth-order valence-electron chi connectivity index (χ4n) is 5.58. The largest absolute Gasteiger partial charge is 0.497 e. The molecule has 0 radical (unpaired) electrons. The maximum Gasteiger partial charge on any atom is 0.306 e. The van der Waals surface area contributed by atoms with Gasteiger partial charge in [-0.25, -0.2) is 0 Å². The highest BCUT2D eigenvalue weighted by atomic mass is 16.5. The number of hydrogen-bond donors (Lipinski definition) is 0. The molecule has 31 heavy (non-hydrogen) atoms. The molecule has 2 aliphatic rings. The molecule has 0 aliphatic heterocycles. The number of aromatic nitrogens is 1. The first-order valence-electron chi connectivity index (χ1n) is 11.4. The Kier molecular flexibility index (Phi) is 6.49. The molecule has 0 amide bonds. The van der Waals surface area contributed by atoms with Crippen LogP contribution in [0.3, 0.4) is 0 Å². The Morgan fingerprint density at radius 3 is 2.52 bits per heavy atom. The number of aryl methyl sites for hydroxylation is 2. The molecular formula is C26H33NO4. The van der Waals surface area contributed by atoms with Crippen molar-refractivity contribution < 1.29 is 19.1 Å². The summed E-state index contributed by atoms with van der Waals surface area (Å²) in [4.78, 5) is 25.0. The predicted octanol–water partition coefficient (Wildman–Crippen LogP) is 4.91. The molecule has 5 nitrogen and oxygen atoms in total. The zero-order valence-corrected chi connectivity index (χ0v) is 18.9. The van der Waals surface area contributed by atoms with Gasteiger partial charge in [-0.2, -0.15) is 0 Å². The van der Waals surface area contributed by atoms with E-state index in [2.05, 4.69) is 16.7 Å². The van der Waals surface area contributed by atoms with Gasteiger partial charge in [-0.1, -0.05) is 18.6 Å². The molecule has 166 valence electrons. The first kappa shape index (κ1) is 21.7. The minimum absolute atomic E-state index is 0.120. The zero-order valence-electron chi connectivity index (χ0n) is 18.9. The molecule has 0 unspecified atom stereocenters. The molecule has 1 aromatic heterocycles. The maximum atomic E-state index is 12.7. The first-order valence-corrected chi connectivity index (χ1v) is 11.4. The van der Waals surface area contributed by atoms with Crippen molar-refractivity contribution in [3.8, 4) is 5.75 Å². The highest BCUT2D eigenvalue weighted by Gasteiger charge is 2.40. The molecule has 0 N–H and O–H groups in total. The van der Waals surface area contributed by atoms with E-state index in [1.165, 1.54) is 24.8 Å². The Morgan fingerprint density at radius 2 is 1.87 bits per heavy atom. The van der Waals surface area contributed by atoms with Gasteiger partial charge in [0, 0.05) is 29.9 Å². The standard InChI is InChI=1S/C26H33NO4/c1-17-12-24(18(2)27(17)11-10-19-5-8-23(30-3)9-6-19)25(28)16-31-26(29)15-22-14-20-4-7-21(22)13-20/h5-6,8-9,12,20-22H,4,7,10-11,13-16H2,1-3H3/t20-,21-,22-/m1/s1. The van der Waals surface area contributed by atoms with Gasteiger partial charge < -0.3 is 14.0 Å². The number of nitrogens with zero attached hydrogens (tertiary/aromatic N) is 1. The van der Waals surface area contributed by atoms with E-state index >= 15 is 0 Å². The van der Waals surface area contributed by atoms with Crippen LogP contribution in [0.4, 0.5) is 0 Å². The normalized spacial score (nSPS) is 22.0. The summed E-state index contributed by atoms with van der Waals surface area (Å²) in [6.07, 6.45) is 6.34. The van der Waals surface area contributed by atoms with Gasteiger partial charge in [0.15, 0.2) is 6.61 Å². The lowest BCUT2D eigenvalue weighted by molar-refractivity contribution is -0.144. The number of rotatable bonds is 9. The highest BCUT2D eigenvalue weighted by Crippen LogP contribution is 2.49. The van der Waals surface area contributed by atoms with Gasteiger partial charge in [0.1, 0.15) is 5.75 Å². The molecule has 0 saturated heterocycles. The Balaban J connectivity index is 1.30. The lowest BCUT2D eigenvalue weighted by atomic mass is 9.86. The second-order valence-corrected chi connectivity index (χ2v) is 9.26. The number of hydrogen-bond acceptors (Lipinski definition) is 4. The molecule has 5 heteroatoms. The maximum absolute atomic E-state index is 12.7. The summed E-state index contributed by atoms with van der Waals surface area (Å²) in [6, 6.07) is 9.97. The number of esters is 1. The fourth-order valence-corrected chi connectivity index (χ4v) is 5.58. The number of carbonyl (C=O) groups excluding carboxylic acids is 2. The van der Waals surface area contributed by atoms with E-state index in [0.717, 1.165) is 42.4 Å². The van der Waals surface area contributed by atoms with Gasteiger partial charge in [0.05, 0.1) is 7.11 Å². The van der Waals surface area contributed by atoms with Crippen LogP contribution in [-0.2, 0) is 22.5 Å². The van der Waals surface area contributed by atoms with Gasteiger partial charge in [0.25, 0.3) is 0 Å². The summed E-state index contributed by atoms with van der Waals surface area (Å²) in [6.45, 7) is 4.61. The van der Waals surface area contributed by atoms with E-state index in [9.17, 15) is 9.59 Å². The molecule has 2 bridgehead atoms. The lowest BCUT2D eigenvalue weighted by Crippen LogP contribution is -2.20. The van der Waals surface area contributed by atoms with Crippen molar-refractivity contribution in [1.82, 2.24) is 4.57 Å². The lowest BCUT2D eigenvalue weighted by Gasteiger charge is -2.20. The number of carbonyl (C=O) groups is 2. The molecule has 2 aliphatic carbocycles. The van der Waals surface area contributed by atoms with E-state index in [1.807, 2.05) is 32.0 Å². The van der Waals surface area contributed by atoms with Crippen LogP contribution in [0.25, 0.3) is 0 Å². The minimum atomic E-state index is -0.223. The summed E-state index contributed by atoms with van der Waals surface area (Å²) in [5.41, 5.74) is 3.85. The van der Waals surface area contributed by atoms with Crippen molar-refractivity contribution in [1.29, 1.82) is 0 Å². The van der Waals surface area contributed by atoms with Crippen molar-refractivity contribution in [3.63, 3.8) is 0 Å². The van der Waals surface area contributed by atoms with Gasteiger partial charge in [0.2, 0.25) is 5.78 Å². The summed E-state index contributed by atoms with van der Waals surface area (Å²) >= 11 is 0. The average Bonchev–Trinajstić information content (AvgIpc) is 3.46. The van der Waals surface area contributed by atoms with E-state index in [4.69, 9.17) is 9.47 Å². The molecule has 1 heterocycles. The molecular weight excluding hydrogens is 390 g/mol. The first-order chi connectivity index (χ1) is 14.9. The van der Waals surface area contributed by atoms with Crippen LogP contribution in [0.5, 0.6) is 5.75 Å². The van der Waals surface area contributed by atoms with Crippen molar-refractivity contribution in [2.45, 2.75) is 58.9 Å². The van der Waals surface area contributed by atoms with Gasteiger partial charge in [-0.05, 0) is 81.0 Å². The van der Waals surface area contributed by atoms with E-state index in [1.54, 1.807) is 7.11 Å². The third-order valence-electron chi connectivity index (χ3n) is 7.33. The Hall–Kier alpha value is -2.56. The molecule has 4 rings (SSSR count). The monoisotopic (exact) mass is 423 g/mol. The second-order valence-electron chi connectivity index (χ2n) is 9.26. The SMILES string of the molecule is COc1ccc(CCn2c(C)cc(C(=O)COC(=O)C[C@H]3C[C@@H]4CC[C@@H]3C4)c2C)cc1. The van der Waals surface area contributed by atoms with Crippen LogP contribution in [0, 0.1) is 31.6 Å². The van der Waals surface area contributed by atoms with Gasteiger partial charge in [-0.3, -0.25) is 9.59 Å². The summed E-state index contributed by atoms with van der Waals surface area (Å²) in [5.74, 6) is 2.47. The topological polar surface area (TPSA) is 57.5 Å². The number of benzene rings is 1. The Labute approximate surface area is 184 Å². The Morgan fingerprint density at radius 1 is 1.10 bits per heavy atom. The van der Waals surface area contributed by atoms with Gasteiger partial charge >= 0.3 is 5.97 Å². The van der Waals surface area contributed by atoms with Crippen molar-refractivity contribution >= 4 is 11.8 Å². The number of Topliss-reactive ketones (excluding diaryl/α,β-unsaturated/α-hetero) is 1. The van der Waals surface area contributed by atoms with Gasteiger partial charge in [-0.15, -0.1) is 0 Å². The van der Waals surface area contributed by atoms with Crippen molar-refractivity contribution in [2.75, 3.05) is 13.7 Å². The smallest absolute Gasteiger partial charge is 0.306 e. The average molecular weight is 424 g/mol. The van der Waals surface area contributed by atoms with Crippen LogP contribution in [-0.4, -0.2) is 30.0 Å². The number of fused-ring (bicyclic) bond motifs is 2. The number of methoxy groups -OCH3 is 1. The third-order valence-corrected chi connectivity index (χ3v) is 7.33. The van der Waals surface area contributed by atoms with Crippen LogP contribution < -0.4 is 4.74 Å². The van der Waals surface area contributed by atoms with Crippen LogP contribution in [0.15, 0.2) is 30.3 Å². The summed E-state index contributed by atoms with van der Waals surface area (Å²) in [7, 11) is 1.66. The van der Waals surface area contributed by atoms with Crippen molar-refractivity contribution in [3.05, 3.63) is 52.8 Å². The summed E-state index contributed by atoms with van der Waals surface area (Å²) < 4.78 is 12.7. The molecule has 2 aromatic rings. The third kappa shape index (κ3) is 4.86. The highest BCUT2D eigenvalue weighted by molar-refractivity contribution is 5.99. The molecule has 0 spiro atoms. The zero-order chi connectivity index (χ0) is 22.0. The fraction of sp³-hybridized carbons (Fsp3) is 0.538. The minimum Gasteiger partial charge on any atom is -0.497 e. The van der Waals surface area contributed by atoms with Crippen LogP contribution >= 0.6 is 0 Å². The van der Waals surface area contributed by atoms with E-state index in [-0.39, 0.29) is 18.4 Å². The molecule has 3 atom stereocenters.